The molecule has 2 rings (SSSR count). The smallest absolute Gasteiger partial charge is 0.260 e. The number of aliphatic hydroxyl groups is 1. The van der Waals surface area contributed by atoms with Crippen LogP contribution in [0.5, 0.6) is 5.75 Å². The summed E-state index contributed by atoms with van der Waals surface area (Å²) in [5.41, 5.74) is 2.14. The molecule has 1 atom stereocenters. The van der Waals surface area contributed by atoms with E-state index in [4.69, 9.17) is 4.74 Å². The Morgan fingerprint density at radius 1 is 1.47 bits per heavy atom. The van der Waals surface area contributed by atoms with Gasteiger partial charge in [0.1, 0.15) is 5.75 Å². The molecule has 0 spiro atoms. The molecular weight excluding hydrogens is 242 g/mol. The first kappa shape index (κ1) is 13.9. The highest BCUT2D eigenvalue weighted by molar-refractivity contribution is 5.78. The Morgan fingerprint density at radius 3 is 3.00 bits per heavy atom. The Balaban J connectivity index is 1.95. The van der Waals surface area contributed by atoms with Crippen molar-refractivity contribution < 1.29 is 14.6 Å². The van der Waals surface area contributed by atoms with Gasteiger partial charge in [-0.3, -0.25) is 4.79 Å². The normalized spacial score (nSPS) is 18.7. The second kappa shape index (κ2) is 6.06. The molecule has 1 fully saturated rings. The monoisotopic (exact) mass is 263 g/mol. The summed E-state index contributed by atoms with van der Waals surface area (Å²) in [4.78, 5) is 13.8. The standard InChI is InChI=1S/C15H21NO3/c1-11-5-6-12(2)14(8-11)19-10-15(18)16-7-3-4-13(16)9-17/h5-6,8,13,17H,3-4,7,9-10H2,1-2H3. The molecule has 0 aromatic heterocycles. The van der Waals surface area contributed by atoms with Gasteiger partial charge in [-0.1, -0.05) is 12.1 Å². The number of likely N-dealkylation sites (tertiary alicyclic amines) is 1. The number of aliphatic hydroxyl groups excluding tert-OH is 1. The van der Waals surface area contributed by atoms with Crippen molar-refractivity contribution in [3.8, 4) is 5.75 Å². The Labute approximate surface area is 114 Å². The summed E-state index contributed by atoms with van der Waals surface area (Å²) in [5.74, 6) is 0.713. The number of benzene rings is 1. The molecule has 4 nitrogen and oxygen atoms in total. The van der Waals surface area contributed by atoms with Gasteiger partial charge in [-0.05, 0) is 43.9 Å². The minimum atomic E-state index is -0.0440. The van der Waals surface area contributed by atoms with Gasteiger partial charge < -0.3 is 14.7 Å². The van der Waals surface area contributed by atoms with Crippen LogP contribution in [0.15, 0.2) is 18.2 Å². The van der Waals surface area contributed by atoms with E-state index in [1.54, 1.807) is 4.90 Å². The zero-order chi connectivity index (χ0) is 13.8. The number of hydrogen-bond donors (Lipinski definition) is 1. The average molecular weight is 263 g/mol. The summed E-state index contributed by atoms with van der Waals surface area (Å²) in [5, 5.41) is 9.22. The minimum Gasteiger partial charge on any atom is -0.483 e. The molecule has 1 saturated heterocycles. The van der Waals surface area contributed by atoms with Gasteiger partial charge in [0.25, 0.3) is 5.91 Å². The van der Waals surface area contributed by atoms with Crippen LogP contribution in [0.4, 0.5) is 0 Å². The molecule has 0 bridgehead atoms. The van der Waals surface area contributed by atoms with Gasteiger partial charge in [-0.15, -0.1) is 0 Å². The minimum absolute atomic E-state index is 0.0327. The second-order valence-corrected chi connectivity index (χ2v) is 5.12. The summed E-state index contributed by atoms with van der Waals surface area (Å²) in [7, 11) is 0. The van der Waals surface area contributed by atoms with E-state index < -0.39 is 0 Å². The van der Waals surface area contributed by atoms with Crippen molar-refractivity contribution >= 4 is 5.91 Å². The van der Waals surface area contributed by atoms with Crippen LogP contribution in [0.1, 0.15) is 24.0 Å². The molecule has 1 aromatic rings. The first-order valence-electron chi connectivity index (χ1n) is 6.72. The molecule has 1 unspecified atom stereocenters. The molecule has 1 aromatic carbocycles. The van der Waals surface area contributed by atoms with Crippen LogP contribution in [-0.2, 0) is 4.79 Å². The molecule has 1 aliphatic heterocycles. The van der Waals surface area contributed by atoms with Gasteiger partial charge in [0, 0.05) is 6.54 Å². The molecule has 0 radical (unpaired) electrons. The number of carbonyl (C=O) groups is 1. The lowest BCUT2D eigenvalue weighted by Gasteiger charge is -2.23. The molecule has 1 heterocycles. The molecule has 0 saturated carbocycles. The summed E-state index contributed by atoms with van der Waals surface area (Å²) in [6.07, 6.45) is 1.84. The fourth-order valence-corrected chi connectivity index (χ4v) is 2.44. The Hall–Kier alpha value is -1.55. The molecule has 19 heavy (non-hydrogen) atoms. The number of hydrogen-bond acceptors (Lipinski definition) is 3. The highest BCUT2D eigenvalue weighted by atomic mass is 16.5. The van der Waals surface area contributed by atoms with Crippen molar-refractivity contribution in [3.05, 3.63) is 29.3 Å². The fraction of sp³-hybridized carbons (Fsp3) is 0.533. The van der Waals surface area contributed by atoms with Crippen LogP contribution in [0, 0.1) is 13.8 Å². The van der Waals surface area contributed by atoms with Crippen LogP contribution in [0.3, 0.4) is 0 Å². The lowest BCUT2D eigenvalue weighted by atomic mass is 10.1. The van der Waals surface area contributed by atoms with E-state index in [0.29, 0.717) is 0 Å². The number of nitrogens with zero attached hydrogens (tertiary/aromatic N) is 1. The van der Waals surface area contributed by atoms with E-state index in [1.165, 1.54) is 0 Å². The van der Waals surface area contributed by atoms with Crippen molar-refractivity contribution in [2.75, 3.05) is 19.8 Å². The highest BCUT2D eigenvalue weighted by Crippen LogP contribution is 2.20. The van der Waals surface area contributed by atoms with E-state index >= 15 is 0 Å². The molecule has 104 valence electrons. The Morgan fingerprint density at radius 2 is 2.26 bits per heavy atom. The van der Waals surface area contributed by atoms with Crippen LogP contribution in [0.25, 0.3) is 0 Å². The molecule has 1 N–H and O–H groups in total. The van der Waals surface area contributed by atoms with Crippen molar-refractivity contribution in [2.45, 2.75) is 32.7 Å². The maximum absolute atomic E-state index is 12.1. The number of carbonyl (C=O) groups excluding carboxylic acids is 1. The lowest BCUT2D eigenvalue weighted by Crippen LogP contribution is -2.40. The summed E-state index contributed by atoms with van der Waals surface area (Å²) < 4.78 is 5.61. The second-order valence-electron chi connectivity index (χ2n) is 5.12. The summed E-state index contributed by atoms with van der Waals surface area (Å²) in [6, 6.07) is 5.92. The third-order valence-electron chi connectivity index (χ3n) is 3.60. The number of amides is 1. The Bertz CT molecular complexity index is 459. The highest BCUT2D eigenvalue weighted by Gasteiger charge is 2.28. The molecule has 1 aliphatic rings. The molecule has 4 heteroatoms. The van der Waals surface area contributed by atoms with Gasteiger partial charge in [0.2, 0.25) is 0 Å². The summed E-state index contributed by atoms with van der Waals surface area (Å²) >= 11 is 0. The zero-order valence-corrected chi connectivity index (χ0v) is 11.6. The number of ether oxygens (including phenoxy) is 1. The lowest BCUT2D eigenvalue weighted by molar-refractivity contribution is -0.134. The topological polar surface area (TPSA) is 49.8 Å². The predicted molar refractivity (Wildman–Crippen MR) is 73.2 cm³/mol. The SMILES string of the molecule is Cc1ccc(C)c(OCC(=O)N2CCCC2CO)c1. The van der Waals surface area contributed by atoms with Gasteiger partial charge in [-0.25, -0.2) is 0 Å². The third-order valence-corrected chi connectivity index (χ3v) is 3.60. The first-order valence-corrected chi connectivity index (χ1v) is 6.72. The predicted octanol–water partition coefficient (Wildman–Crippen LogP) is 1.67. The van der Waals surface area contributed by atoms with E-state index in [9.17, 15) is 9.90 Å². The molecule has 1 amide bonds. The fourth-order valence-electron chi connectivity index (χ4n) is 2.44. The number of aryl methyl sites for hydroxylation is 2. The van der Waals surface area contributed by atoms with Gasteiger partial charge in [0.05, 0.1) is 12.6 Å². The maximum Gasteiger partial charge on any atom is 0.260 e. The first-order chi connectivity index (χ1) is 9.11. The number of rotatable bonds is 4. The van der Waals surface area contributed by atoms with E-state index in [-0.39, 0.29) is 25.2 Å². The van der Waals surface area contributed by atoms with E-state index in [0.717, 1.165) is 36.3 Å². The van der Waals surface area contributed by atoms with Gasteiger partial charge >= 0.3 is 0 Å². The van der Waals surface area contributed by atoms with Crippen LogP contribution >= 0.6 is 0 Å². The van der Waals surface area contributed by atoms with Gasteiger partial charge in [-0.2, -0.15) is 0 Å². The van der Waals surface area contributed by atoms with Crippen LogP contribution in [0.2, 0.25) is 0 Å². The van der Waals surface area contributed by atoms with Crippen molar-refractivity contribution in [2.24, 2.45) is 0 Å². The molecule has 0 aliphatic carbocycles. The summed E-state index contributed by atoms with van der Waals surface area (Å²) in [6.45, 7) is 4.76. The maximum atomic E-state index is 12.1. The zero-order valence-electron chi connectivity index (χ0n) is 11.6. The van der Waals surface area contributed by atoms with E-state index in [2.05, 4.69) is 0 Å². The van der Waals surface area contributed by atoms with Crippen LogP contribution < -0.4 is 4.74 Å². The molecular formula is C15H21NO3. The third kappa shape index (κ3) is 3.26. The quantitative estimate of drug-likeness (QED) is 0.899. The van der Waals surface area contributed by atoms with Gasteiger partial charge in [0.15, 0.2) is 6.61 Å². The van der Waals surface area contributed by atoms with E-state index in [1.807, 2.05) is 32.0 Å². The Kier molecular flexibility index (Phi) is 4.43. The van der Waals surface area contributed by atoms with Crippen molar-refractivity contribution in [3.63, 3.8) is 0 Å². The van der Waals surface area contributed by atoms with Crippen molar-refractivity contribution in [1.82, 2.24) is 4.90 Å². The largest absolute Gasteiger partial charge is 0.483 e. The van der Waals surface area contributed by atoms with Crippen molar-refractivity contribution in [1.29, 1.82) is 0 Å². The average Bonchev–Trinajstić information content (AvgIpc) is 2.88. The van der Waals surface area contributed by atoms with Crippen LogP contribution in [-0.4, -0.2) is 41.7 Å².